The van der Waals surface area contributed by atoms with Crippen molar-refractivity contribution in [3.05, 3.63) is 33.9 Å². The van der Waals surface area contributed by atoms with E-state index in [2.05, 4.69) is 6.92 Å². The number of halogens is 1. The van der Waals surface area contributed by atoms with Crippen molar-refractivity contribution < 1.29 is 18.8 Å². The third kappa shape index (κ3) is 3.21. The van der Waals surface area contributed by atoms with Crippen molar-refractivity contribution in [3.8, 4) is 5.75 Å². The molecule has 5 atom stereocenters. The monoisotopic (exact) mass is 311 g/mol. The summed E-state index contributed by atoms with van der Waals surface area (Å²) in [5.41, 5.74) is 0.680. The van der Waals surface area contributed by atoms with Gasteiger partial charge in [0.15, 0.2) is 0 Å². The highest BCUT2D eigenvalue weighted by Gasteiger charge is 2.40. The van der Waals surface area contributed by atoms with Gasteiger partial charge in [-0.25, -0.2) is 4.39 Å². The normalized spacial score (nSPS) is 31.8. The van der Waals surface area contributed by atoms with E-state index in [0.717, 1.165) is 0 Å². The van der Waals surface area contributed by atoms with E-state index >= 15 is 0 Å². The first-order valence-electron chi connectivity index (χ1n) is 7.48. The molecule has 1 saturated heterocycles. The van der Waals surface area contributed by atoms with E-state index in [1.165, 1.54) is 12.1 Å². The first kappa shape index (κ1) is 16.7. The molecule has 1 heterocycles. The zero-order chi connectivity index (χ0) is 16.4. The minimum absolute atomic E-state index is 0.0195. The average Bonchev–Trinajstić information content (AvgIpc) is 2.49. The molecule has 1 fully saturated rings. The molecule has 1 aliphatic heterocycles. The van der Waals surface area contributed by atoms with Gasteiger partial charge in [0.25, 0.3) is 5.69 Å². The van der Waals surface area contributed by atoms with Gasteiger partial charge in [-0.05, 0) is 30.4 Å². The fourth-order valence-corrected chi connectivity index (χ4v) is 2.80. The maximum Gasteiger partial charge on any atom is 0.269 e. The van der Waals surface area contributed by atoms with Crippen molar-refractivity contribution in [3.63, 3.8) is 0 Å². The van der Waals surface area contributed by atoms with Crippen LogP contribution in [0.3, 0.4) is 0 Å². The van der Waals surface area contributed by atoms with Gasteiger partial charge >= 0.3 is 0 Å². The van der Waals surface area contributed by atoms with Gasteiger partial charge in [0.1, 0.15) is 12.4 Å². The topological polar surface area (TPSA) is 61.6 Å². The van der Waals surface area contributed by atoms with Crippen LogP contribution in [0, 0.1) is 34.8 Å². The molecule has 0 bridgehead atoms. The van der Waals surface area contributed by atoms with Gasteiger partial charge in [-0.15, -0.1) is 0 Å². The highest BCUT2D eigenvalue weighted by atomic mass is 19.1. The Morgan fingerprint density at radius 1 is 1.27 bits per heavy atom. The Bertz CT molecular complexity index is 549. The molecule has 0 amide bonds. The molecule has 6 heteroatoms. The minimum atomic E-state index is -0.549. The summed E-state index contributed by atoms with van der Waals surface area (Å²) in [6.07, 6.45) is -1.03. The number of hydrogen-bond acceptors (Lipinski definition) is 4. The van der Waals surface area contributed by atoms with Gasteiger partial charge in [-0.2, -0.15) is 0 Å². The van der Waals surface area contributed by atoms with E-state index in [4.69, 9.17) is 9.47 Å². The largest absolute Gasteiger partial charge is 0.464 e. The molecule has 0 spiro atoms. The SMILES string of the molecule is Cc1cc([N+](=O)[O-])ccc1O[C@@H]1OC(CF)[C@@H](C)[C@H](C)C1C. The quantitative estimate of drug-likeness (QED) is 0.625. The summed E-state index contributed by atoms with van der Waals surface area (Å²) in [5, 5.41) is 10.8. The highest BCUT2D eigenvalue weighted by Crippen LogP contribution is 2.37. The molecule has 1 aromatic carbocycles. The van der Waals surface area contributed by atoms with Crippen LogP contribution >= 0.6 is 0 Å². The molecule has 122 valence electrons. The molecule has 1 aromatic rings. The first-order chi connectivity index (χ1) is 10.3. The van der Waals surface area contributed by atoms with Gasteiger partial charge in [-0.3, -0.25) is 10.1 Å². The molecular weight excluding hydrogens is 289 g/mol. The van der Waals surface area contributed by atoms with Crippen LogP contribution in [-0.4, -0.2) is 24.0 Å². The van der Waals surface area contributed by atoms with E-state index in [0.29, 0.717) is 11.3 Å². The van der Waals surface area contributed by atoms with Crippen molar-refractivity contribution in [1.82, 2.24) is 0 Å². The van der Waals surface area contributed by atoms with E-state index in [1.807, 2.05) is 13.8 Å². The molecule has 0 aliphatic carbocycles. The van der Waals surface area contributed by atoms with Gasteiger partial charge in [0.05, 0.1) is 11.0 Å². The minimum Gasteiger partial charge on any atom is -0.464 e. The number of non-ortho nitro benzene ring substituents is 1. The Morgan fingerprint density at radius 3 is 2.50 bits per heavy atom. The van der Waals surface area contributed by atoms with E-state index in [9.17, 15) is 14.5 Å². The number of nitrogens with zero attached hydrogens (tertiary/aromatic N) is 1. The van der Waals surface area contributed by atoms with Crippen LogP contribution in [0.5, 0.6) is 5.75 Å². The van der Waals surface area contributed by atoms with Crippen LogP contribution < -0.4 is 4.74 Å². The molecule has 1 aliphatic rings. The molecular formula is C16H22FNO4. The van der Waals surface area contributed by atoms with Gasteiger partial charge in [-0.1, -0.05) is 20.8 Å². The summed E-state index contributed by atoms with van der Waals surface area (Å²) in [7, 11) is 0. The number of aryl methyl sites for hydroxylation is 1. The molecule has 2 rings (SSSR count). The lowest BCUT2D eigenvalue weighted by atomic mass is 9.79. The van der Waals surface area contributed by atoms with E-state index in [1.54, 1.807) is 13.0 Å². The van der Waals surface area contributed by atoms with Crippen molar-refractivity contribution in [2.45, 2.75) is 40.1 Å². The summed E-state index contributed by atoms with van der Waals surface area (Å²) in [6.45, 7) is 7.27. The number of hydrogen-bond donors (Lipinski definition) is 0. The van der Waals surface area contributed by atoms with Crippen LogP contribution in [0.4, 0.5) is 10.1 Å². The highest BCUT2D eigenvalue weighted by molar-refractivity contribution is 5.43. The van der Waals surface area contributed by atoms with E-state index < -0.39 is 24.0 Å². The number of nitro groups is 1. The molecule has 0 N–H and O–H groups in total. The van der Waals surface area contributed by atoms with Crippen LogP contribution in [0.1, 0.15) is 26.3 Å². The maximum absolute atomic E-state index is 13.1. The lowest BCUT2D eigenvalue weighted by Crippen LogP contribution is -2.48. The Kier molecular flexibility index (Phi) is 5.01. The number of nitro benzene ring substituents is 1. The van der Waals surface area contributed by atoms with E-state index in [-0.39, 0.29) is 23.4 Å². The second-order valence-corrected chi connectivity index (χ2v) is 6.10. The van der Waals surface area contributed by atoms with Gasteiger partial charge in [0.2, 0.25) is 6.29 Å². The summed E-state index contributed by atoms with van der Waals surface area (Å²) >= 11 is 0. The number of rotatable bonds is 4. The number of alkyl halides is 1. The molecule has 2 unspecified atom stereocenters. The summed E-state index contributed by atoms with van der Waals surface area (Å²) in [6, 6.07) is 4.42. The molecule has 0 radical (unpaired) electrons. The zero-order valence-electron chi connectivity index (χ0n) is 13.3. The second-order valence-electron chi connectivity index (χ2n) is 6.10. The first-order valence-corrected chi connectivity index (χ1v) is 7.48. The summed E-state index contributed by atoms with van der Waals surface area (Å²) in [4.78, 5) is 10.3. The Morgan fingerprint density at radius 2 is 1.95 bits per heavy atom. The standard InChI is InChI=1S/C16H22FNO4/c1-9-7-13(18(19)20)5-6-14(9)21-16-12(4)10(2)11(3)15(8-17)22-16/h5-7,10-12,15-16H,8H2,1-4H3/t10-,11-,12?,15?,16+/m0/s1. The lowest BCUT2D eigenvalue weighted by Gasteiger charge is -2.42. The predicted molar refractivity (Wildman–Crippen MR) is 80.6 cm³/mol. The van der Waals surface area contributed by atoms with Gasteiger partial charge in [0, 0.05) is 18.1 Å². The number of ether oxygens (including phenoxy) is 2. The van der Waals surface area contributed by atoms with Crippen molar-refractivity contribution >= 4 is 5.69 Å². The Labute approximate surface area is 129 Å². The summed E-state index contributed by atoms with van der Waals surface area (Å²) < 4.78 is 24.7. The fourth-order valence-electron chi connectivity index (χ4n) is 2.80. The predicted octanol–water partition coefficient (Wildman–Crippen LogP) is 3.88. The second kappa shape index (κ2) is 6.60. The maximum atomic E-state index is 13.1. The van der Waals surface area contributed by atoms with Gasteiger partial charge < -0.3 is 9.47 Å². The zero-order valence-corrected chi connectivity index (χ0v) is 13.3. The third-order valence-electron chi connectivity index (χ3n) is 4.75. The Balaban J connectivity index is 2.17. The molecule has 0 saturated carbocycles. The van der Waals surface area contributed by atoms with Crippen molar-refractivity contribution in [2.24, 2.45) is 17.8 Å². The molecule has 5 nitrogen and oxygen atoms in total. The van der Waals surface area contributed by atoms with Crippen LogP contribution in [0.25, 0.3) is 0 Å². The molecule has 0 aromatic heterocycles. The smallest absolute Gasteiger partial charge is 0.269 e. The lowest BCUT2D eigenvalue weighted by molar-refractivity contribution is -0.384. The fraction of sp³-hybridized carbons (Fsp3) is 0.625. The average molecular weight is 311 g/mol. The number of benzene rings is 1. The van der Waals surface area contributed by atoms with Crippen LogP contribution in [-0.2, 0) is 4.74 Å². The summed E-state index contributed by atoms with van der Waals surface area (Å²) in [5.74, 6) is 1.02. The Hall–Kier alpha value is -1.69. The van der Waals surface area contributed by atoms with Crippen molar-refractivity contribution in [1.29, 1.82) is 0 Å². The van der Waals surface area contributed by atoms with Crippen molar-refractivity contribution in [2.75, 3.05) is 6.67 Å². The van der Waals surface area contributed by atoms with Crippen LogP contribution in [0.2, 0.25) is 0 Å². The third-order valence-corrected chi connectivity index (χ3v) is 4.75. The van der Waals surface area contributed by atoms with Crippen LogP contribution in [0.15, 0.2) is 18.2 Å². The molecule has 22 heavy (non-hydrogen) atoms.